The van der Waals surface area contributed by atoms with Crippen LogP contribution in [0, 0.1) is 17.6 Å². The highest BCUT2D eigenvalue weighted by atomic mass is 19.4. The molecule has 4 nitrogen and oxygen atoms in total. The molecule has 0 saturated carbocycles. The molecule has 0 aliphatic carbocycles. The summed E-state index contributed by atoms with van der Waals surface area (Å²) in [4.78, 5) is 17.2. The number of hydrogen-bond acceptors (Lipinski definition) is 3. The van der Waals surface area contributed by atoms with Crippen molar-refractivity contribution in [2.75, 3.05) is 29.4 Å². The highest BCUT2D eigenvalue weighted by Crippen LogP contribution is 2.40. The highest BCUT2D eigenvalue weighted by molar-refractivity contribution is 5.82. The van der Waals surface area contributed by atoms with Gasteiger partial charge in [-0.15, -0.1) is 0 Å². The van der Waals surface area contributed by atoms with E-state index in [1.54, 1.807) is 36.4 Å². The van der Waals surface area contributed by atoms with Crippen LogP contribution in [0.1, 0.15) is 16.7 Å². The average molecular weight is 501 g/mol. The van der Waals surface area contributed by atoms with Gasteiger partial charge in [-0.1, -0.05) is 30.3 Å². The summed E-state index contributed by atoms with van der Waals surface area (Å²) in [7, 11) is 0. The Balaban J connectivity index is 1.46. The van der Waals surface area contributed by atoms with Crippen LogP contribution in [0.4, 0.5) is 33.3 Å². The van der Waals surface area contributed by atoms with E-state index in [1.165, 1.54) is 18.2 Å². The summed E-state index contributed by atoms with van der Waals surface area (Å²) in [6.45, 7) is 1.14. The van der Waals surface area contributed by atoms with E-state index in [-0.39, 0.29) is 24.7 Å². The third-order valence-corrected chi connectivity index (χ3v) is 6.98. The van der Waals surface area contributed by atoms with Crippen molar-refractivity contribution in [2.24, 2.45) is 5.92 Å². The van der Waals surface area contributed by atoms with Crippen molar-refractivity contribution in [2.45, 2.75) is 25.2 Å². The smallest absolute Gasteiger partial charge is 0.365 e. The molecular formula is C27H24F5N3O. The van der Waals surface area contributed by atoms with Gasteiger partial charge in [-0.25, -0.2) is 8.78 Å². The van der Waals surface area contributed by atoms with Gasteiger partial charge in [0.25, 0.3) is 0 Å². The fraction of sp³-hybridized carbons (Fsp3) is 0.296. The third kappa shape index (κ3) is 4.62. The number of benzene rings is 3. The second-order valence-corrected chi connectivity index (χ2v) is 9.12. The lowest BCUT2D eigenvalue weighted by atomic mass is 9.82. The predicted octanol–water partition coefficient (Wildman–Crippen LogP) is 5.17. The minimum atomic E-state index is -4.50. The van der Waals surface area contributed by atoms with Gasteiger partial charge in [0.2, 0.25) is 5.91 Å². The molecule has 1 fully saturated rings. The lowest BCUT2D eigenvalue weighted by molar-refractivity contribution is -0.137. The van der Waals surface area contributed by atoms with Gasteiger partial charge < -0.3 is 15.1 Å². The molecule has 2 atom stereocenters. The number of piperazine rings is 1. The van der Waals surface area contributed by atoms with Crippen molar-refractivity contribution in [1.82, 2.24) is 5.32 Å². The molecule has 3 aromatic rings. The Morgan fingerprint density at radius 1 is 0.917 bits per heavy atom. The summed E-state index contributed by atoms with van der Waals surface area (Å²) < 4.78 is 68.8. The number of carbonyl (C=O) groups is 1. The number of hydrogen-bond donors (Lipinski definition) is 1. The fourth-order valence-electron chi connectivity index (χ4n) is 5.18. The van der Waals surface area contributed by atoms with E-state index in [0.717, 1.165) is 12.1 Å². The van der Waals surface area contributed by atoms with Gasteiger partial charge in [-0.3, -0.25) is 4.79 Å². The summed E-state index contributed by atoms with van der Waals surface area (Å²) in [5, 5.41) is 2.76. The molecule has 36 heavy (non-hydrogen) atoms. The molecule has 3 aromatic carbocycles. The standard InChI is InChI=1S/C27H24F5N3O/c28-21-6-2-1-5-17(21)15-33-26(36)20-14-18-13-19(27(30,31)32)9-10-23(18)35-12-11-34(16-25(20)35)24-8-4-3-7-22(24)29/h1-10,13,20,25H,11-12,14-16H2,(H,33,36)/t20-,25+/m1/s1. The molecular weight excluding hydrogens is 477 g/mol. The van der Waals surface area contributed by atoms with Gasteiger partial charge in [-0.05, 0) is 48.4 Å². The Labute approximate surface area is 205 Å². The number of fused-ring (bicyclic) bond motifs is 3. The number of nitrogens with zero attached hydrogens (tertiary/aromatic N) is 2. The third-order valence-electron chi connectivity index (χ3n) is 6.98. The van der Waals surface area contributed by atoms with Crippen molar-refractivity contribution in [1.29, 1.82) is 0 Å². The Hall–Kier alpha value is -3.62. The van der Waals surface area contributed by atoms with Crippen molar-refractivity contribution < 1.29 is 26.7 Å². The van der Waals surface area contributed by atoms with Crippen LogP contribution in [-0.2, 0) is 23.9 Å². The van der Waals surface area contributed by atoms with Crippen molar-refractivity contribution in [3.8, 4) is 0 Å². The topological polar surface area (TPSA) is 35.6 Å². The maximum Gasteiger partial charge on any atom is 0.416 e. The van der Waals surface area contributed by atoms with Crippen LogP contribution in [0.3, 0.4) is 0 Å². The van der Waals surface area contributed by atoms with Crippen LogP contribution in [0.5, 0.6) is 0 Å². The number of rotatable bonds is 4. The van der Waals surface area contributed by atoms with Gasteiger partial charge in [0, 0.05) is 37.4 Å². The molecule has 188 valence electrons. The van der Waals surface area contributed by atoms with E-state index in [9.17, 15) is 26.7 Å². The van der Waals surface area contributed by atoms with Crippen LogP contribution < -0.4 is 15.1 Å². The van der Waals surface area contributed by atoms with Crippen molar-refractivity contribution in [3.63, 3.8) is 0 Å². The maximum absolute atomic E-state index is 14.5. The lowest BCUT2D eigenvalue weighted by Gasteiger charge is -2.49. The number of anilines is 2. The molecule has 1 N–H and O–H groups in total. The van der Waals surface area contributed by atoms with Crippen LogP contribution >= 0.6 is 0 Å². The molecule has 0 spiro atoms. The number of nitrogens with one attached hydrogen (secondary N) is 1. The predicted molar refractivity (Wildman–Crippen MR) is 127 cm³/mol. The Morgan fingerprint density at radius 3 is 2.36 bits per heavy atom. The molecule has 0 aromatic heterocycles. The van der Waals surface area contributed by atoms with Crippen molar-refractivity contribution >= 4 is 17.3 Å². The minimum Gasteiger partial charge on any atom is -0.365 e. The second-order valence-electron chi connectivity index (χ2n) is 9.12. The van der Waals surface area contributed by atoms with E-state index in [2.05, 4.69) is 5.32 Å². The monoisotopic (exact) mass is 501 g/mol. The SMILES string of the molecule is O=C(NCc1ccccc1F)[C@@H]1Cc2cc(C(F)(F)F)ccc2N2CCN(c3ccccc3F)C[C@@H]12. The van der Waals surface area contributed by atoms with Crippen LogP contribution in [0.15, 0.2) is 66.7 Å². The molecule has 2 aliphatic rings. The first-order valence-corrected chi connectivity index (χ1v) is 11.7. The molecule has 0 bridgehead atoms. The quantitative estimate of drug-likeness (QED) is 0.502. The van der Waals surface area contributed by atoms with E-state index in [4.69, 9.17) is 0 Å². The van der Waals surface area contributed by atoms with E-state index >= 15 is 0 Å². The molecule has 1 amide bonds. The van der Waals surface area contributed by atoms with E-state index in [1.807, 2.05) is 9.80 Å². The van der Waals surface area contributed by atoms with Crippen LogP contribution in [0.2, 0.25) is 0 Å². The molecule has 2 heterocycles. The zero-order valence-electron chi connectivity index (χ0n) is 19.2. The summed E-state index contributed by atoms with van der Waals surface area (Å²) in [5.41, 5.74) is 1.05. The zero-order chi connectivity index (χ0) is 25.4. The normalized spacial score (nSPS) is 19.5. The van der Waals surface area contributed by atoms with Crippen molar-refractivity contribution in [3.05, 3.63) is 95.1 Å². The maximum atomic E-state index is 14.5. The number of alkyl halides is 3. The summed E-state index contributed by atoms with van der Waals surface area (Å²) in [5.74, 6) is -1.92. The fourth-order valence-corrected chi connectivity index (χ4v) is 5.18. The Kier molecular flexibility index (Phi) is 6.32. The van der Waals surface area contributed by atoms with Gasteiger partial charge in [0.1, 0.15) is 11.6 Å². The number of amides is 1. The minimum absolute atomic E-state index is 0.0405. The van der Waals surface area contributed by atoms with Crippen LogP contribution in [-0.4, -0.2) is 31.6 Å². The number of para-hydroxylation sites is 1. The van der Waals surface area contributed by atoms with Gasteiger partial charge in [0.05, 0.1) is 23.2 Å². The highest BCUT2D eigenvalue weighted by Gasteiger charge is 2.43. The number of carbonyl (C=O) groups excluding carboxylic acids is 1. The first-order valence-electron chi connectivity index (χ1n) is 11.7. The summed E-state index contributed by atoms with van der Waals surface area (Å²) in [6, 6.07) is 15.7. The first-order chi connectivity index (χ1) is 17.2. The summed E-state index contributed by atoms with van der Waals surface area (Å²) in [6.07, 6.45) is -4.41. The molecule has 0 radical (unpaired) electrons. The number of halogens is 5. The Bertz CT molecular complexity index is 1280. The van der Waals surface area contributed by atoms with Gasteiger partial charge >= 0.3 is 6.18 Å². The molecule has 1 saturated heterocycles. The van der Waals surface area contributed by atoms with Gasteiger partial charge in [0.15, 0.2) is 0 Å². The van der Waals surface area contributed by atoms with Crippen LogP contribution in [0.25, 0.3) is 0 Å². The molecule has 2 aliphatic heterocycles. The average Bonchev–Trinajstić information content (AvgIpc) is 2.86. The molecule has 0 unspecified atom stereocenters. The first kappa shape index (κ1) is 24.1. The molecule has 9 heteroatoms. The van der Waals surface area contributed by atoms with Gasteiger partial charge in [-0.2, -0.15) is 13.2 Å². The second kappa shape index (κ2) is 9.44. The lowest BCUT2D eigenvalue weighted by Crippen LogP contribution is -2.61. The van der Waals surface area contributed by atoms with E-state index < -0.39 is 29.5 Å². The largest absolute Gasteiger partial charge is 0.416 e. The zero-order valence-corrected chi connectivity index (χ0v) is 19.2. The summed E-state index contributed by atoms with van der Waals surface area (Å²) >= 11 is 0. The molecule has 5 rings (SSSR count). The Morgan fingerprint density at radius 2 is 1.64 bits per heavy atom. The van der Waals surface area contributed by atoms with E-state index in [0.29, 0.717) is 42.1 Å².